The van der Waals surface area contributed by atoms with Gasteiger partial charge in [-0.3, -0.25) is 4.79 Å². The van der Waals surface area contributed by atoms with Gasteiger partial charge in [0.1, 0.15) is 5.78 Å². The van der Waals surface area contributed by atoms with E-state index in [9.17, 15) is 9.90 Å². The van der Waals surface area contributed by atoms with Crippen LogP contribution in [0.1, 0.15) is 111 Å². The van der Waals surface area contributed by atoms with Crippen LogP contribution in [0.5, 0.6) is 0 Å². The van der Waals surface area contributed by atoms with Crippen molar-refractivity contribution >= 4 is 5.78 Å². The standard InChI is InChI=1S/C35H52O2/c1-22(2)11-10-12-23(3)28-17-18-30-26-15-16-29-24(4)32(36)27(33(37)25-13-8-7-9-14-25)21-35(29,6)31(26)19-20-34(28,30)5/h7-9,13-15,22-24,27-31,33,37H,10-12,16-21H2,1-6H3/t23-,24+,27?,28-,29+,30+,31+,33?,34-,35+/m1/s1. The summed E-state index contributed by atoms with van der Waals surface area (Å²) in [5, 5.41) is 11.4. The van der Waals surface area contributed by atoms with E-state index in [2.05, 4.69) is 47.6 Å². The molecular formula is C35H52O2. The van der Waals surface area contributed by atoms with E-state index >= 15 is 0 Å². The molecule has 0 amide bonds. The molecule has 0 heterocycles. The summed E-state index contributed by atoms with van der Waals surface area (Å²) < 4.78 is 0. The van der Waals surface area contributed by atoms with E-state index in [1.165, 1.54) is 44.9 Å². The quantitative estimate of drug-likeness (QED) is 0.377. The number of allylic oxidation sites excluding steroid dienone is 2. The highest BCUT2D eigenvalue weighted by atomic mass is 16.3. The highest BCUT2D eigenvalue weighted by molar-refractivity contribution is 5.85. The largest absolute Gasteiger partial charge is 0.388 e. The van der Waals surface area contributed by atoms with Gasteiger partial charge >= 0.3 is 0 Å². The predicted octanol–water partition coefficient (Wildman–Crippen LogP) is 8.80. The predicted molar refractivity (Wildman–Crippen MR) is 153 cm³/mol. The van der Waals surface area contributed by atoms with Gasteiger partial charge in [-0.1, -0.05) is 103 Å². The van der Waals surface area contributed by atoms with Gasteiger partial charge in [-0.25, -0.2) is 0 Å². The molecule has 2 unspecified atom stereocenters. The zero-order chi connectivity index (χ0) is 26.5. The van der Waals surface area contributed by atoms with Crippen LogP contribution in [-0.2, 0) is 4.79 Å². The molecule has 5 rings (SSSR count). The Kier molecular flexibility index (Phi) is 7.55. The van der Waals surface area contributed by atoms with E-state index in [-0.39, 0.29) is 23.0 Å². The van der Waals surface area contributed by atoms with Gasteiger partial charge in [-0.15, -0.1) is 0 Å². The van der Waals surface area contributed by atoms with Crippen molar-refractivity contribution in [1.82, 2.24) is 0 Å². The Morgan fingerprint density at radius 2 is 1.68 bits per heavy atom. The van der Waals surface area contributed by atoms with E-state index < -0.39 is 6.10 Å². The van der Waals surface area contributed by atoms with E-state index in [0.29, 0.717) is 23.2 Å². The van der Waals surface area contributed by atoms with Crippen LogP contribution in [0.2, 0.25) is 0 Å². The summed E-state index contributed by atoms with van der Waals surface area (Å²) in [6.07, 6.45) is 13.2. The normalized spacial score (nSPS) is 41.0. The number of rotatable bonds is 7. The third-order valence-corrected chi connectivity index (χ3v) is 12.2. The van der Waals surface area contributed by atoms with Crippen LogP contribution in [-0.4, -0.2) is 10.9 Å². The molecule has 2 nitrogen and oxygen atoms in total. The summed E-state index contributed by atoms with van der Waals surface area (Å²) in [4.78, 5) is 13.6. The number of aliphatic hydroxyl groups excluding tert-OH is 1. The maximum absolute atomic E-state index is 13.6. The van der Waals surface area contributed by atoms with Crippen molar-refractivity contribution in [1.29, 1.82) is 0 Å². The average Bonchev–Trinajstić information content (AvgIpc) is 3.23. The monoisotopic (exact) mass is 504 g/mol. The summed E-state index contributed by atoms with van der Waals surface area (Å²) >= 11 is 0. The number of Topliss-reactive ketones (excluding diaryl/α,β-unsaturated/α-hetero) is 1. The number of carbonyl (C=O) groups is 1. The Labute approximate surface area is 226 Å². The Morgan fingerprint density at radius 3 is 2.38 bits per heavy atom. The van der Waals surface area contributed by atoms with Crippen LogP contribution < -0.4 is 0 Å². The Bertz CT molecular complexity index is 994. The van der Waals surface area contributed by atoms with E-state index in [1.54, 1.807) is 5.57 Å². The van der Waals surface area contributed by atoms with E-state index in [4.69, 9.17) is 0 Å². The molecule has 1 N–H and O–H groups in total. The molecule has 0 saturated heterocycles. The third-order valence-electron chi connectivity index (χ3n) is 12.2. The SMILES string of the molecule is CC(C)CCC[C@@H](C)[C@H]1CC[C@H]2C3=CC[C@H]4[C@H](C)C(=O)C(C(O)c5ccccc5)C[C@]4(C)[C@H]3CC[C@]12C. The molecule has 1 aromatic rings. The second kappa shape index (κ2) is 10.3. The van der Waals surface area contributed by atoms with Crippen LogP contribution in [0.15, 0.2) is 42.0 Å². The molecule has 3 saturated carbocycles. The van der Waals surface area contributed by atoms with Gasteiger partial charge in [0, 0.05) is 11.8 Å². The number of hydrogen-bond donors (Lipinski definition) is 1. The van der Waals surface area contributed by atoms with Gasteiger partial charge in [0.05, 0.1) is 6.10 Å². The molecule has 0 radical (unpaired) electrons. The maximum atomic E-state index is 13.6. The van der Waals surface area contributed by atoms with Gasteiger partial charge in [-0.05, 0) is 90.4 Å². The topological polar surface area (TPSA) is 37.3 Å². The van der Waals surface area contributed by atoms with Gasteiger partial charge in [-0.2, -0.15) is 0 Å². The van der Waals surface area contributed by atoms with Crippen molar-refractivity contribution < 1.29 is 9.90 Å². The number of carbonyl (C=O) groups excluding carboxylic acids is 1. The number of aliphatic hydroxyl groups is 1. The molecule has 2 heteroatoms. The summed E-state index contributed by atoms with van der Waals surface area (Å²) in [6.45, 7) is 14.5. The second-order valence-corrected chi connectivity index (χ2v) is 14.5. The zero-order valence-corrected chi connectivity index (χ0v) is 24.4. The summed E-state index contributed by atoms with van der Waals surface area (Å²) in [7, 11) is 0. The Morgan fingerprint density at radius 1 is 0.973 bits per heavy atom. The van der Waals surface area contributed by atoms with Gasteiger partial charge in [0.15, 0.2) is 0 Å². The first-order chi connectivity index (χ1) is 17.6. The highest BCUT2D eigenvalue weighted by Gasteiger charge is 2.61. The average molecular weight is 505 g/mol. The lowest BCUT2D eigenvalue weighted by Crippen LogP contribution is -2.54. The van der Waals surface area contributed by atoms with Crippen molar-refractivity contribution in [2.24, 2.45) is 58.2 Å². The van der Waals surface area contributed by atoms with Crippen molar-refractivity contribution in [3.05, 3.63) is 47.5 Å². The lowest BCUT2D eigenvalue weighted by Gasteiger charge is -2.59. The van der Waals surface area contributed by atoms with Crippen LogP contribution in [0.25, 0.3) is 0 Å². The fourth-order valence-corrected chi connectivity index (χ4v) is 10.1. The first kappa shape index (κ1) is 27.2. The fourth-order valence-electron chi connectivity index (χ4n) is 10.1. The Balaban J connectivity index is 1.38. The van der Waals surface area contributed by atoms with Gasteiger partial charge < -0.3 is 5.11 Å². The van der Waals surface area contributed by atoms with E-state index in [0.717, 1.165) is 36.2 Å². The number of ketones is 1. The van der Waals surface area contributed by atoms with Crippen molar-refractivity contribution in [2.45, 2.75) is 105 Å². The lowest BCUT2D eigenvalue weighted by molar-refractivity contribution is -0.147. The molecule has 3 fully saturated rings. The second-order valence-electron chi connectivity index (χ2n) is 14.5. The summed E-state index contributed by atoms with van der Waals surface area (Å²) in [5.41, 5.74) is 3.17. The highest BCUT2D eigenvalue weighted by Crippen LogP contribution is 2.68. The van der Waals surface area contributed by atoms with Crippen LogP contribution in [0, 0.1) is 58.2 Å². The zero-order valence-electron chi connectivity index (χ0n) is 24.4. The molecule has 0 aromatic heterocycles. The smallest absolute Gasteiger partial charge is 0.142 e. The molecule has 204 valence electrons. The molecule has 4 aliphatic rings. The van der Waals surface area contributed by atoms with Crippen molar-refractivity contribution in [2.75, 3.05) is 0 Å². The van der Waals surface area contributed by atoms with Gasteiger partial charge in [0.2, 0.25) is 0 Å². The molecule has 37 heavy (non-hydrogen) atoms. The summed E-state index contributed by atoms with van der Waals surface area (Å²) in [5.74, 6) is 4.18. The maximum Gasteiger partial charge on any atom is 0.142 e. The van der Waals surface area contributed by atoms with Crippen LogP contribution in [0.3, 0.4) is 0 Å². The van der Waals surface area contributed by atoms with E-state index in [1.807, 2.05) is 30.3 Å². The molecular weight excluding hydrogens is 452 g/mol. The molecule has 1 aromatic carbocycles. The third kappa shape index (κ3) is 4.58. The van der Waals surface area contributed by atoms with Crippen molar-refractivity contribution in [3.63, 3.8) is 0 Å². The first-order valence-electron chi connectivity index (χ1n) is 15.5. The molecule has 0 aliphatic heterocycles. The Hall–Kier alpha value is -1.41. The lowest BCUT2D eigenvalue weighted by atomic mass is 9.45. The number of hydrogen-bond acceptors (Lipinski definition) is 2. The first-order valence-corrected chi connectivity index (χ1v) is 15.5. The fraction of sp³-hybridized carbons (Fsp3) is 0.743. The van der Waals surface area contributed by atoms with Gasteiger partial charge in [0.25, 0.3) is 0 Å². The molecule has 0 bridgehead atoms. The molecule has 4 aliphatic carbocycles. The summed E-state index contributed by atoms with van der Waals surface area (Å²) in [6, 6.07) is 9.90. The van der Waals surface area contributed by atoms with Crippen LogP contribution in [0.4, 0.5) is 0 Å². The number of fused-ring (bicyclic) bond motifs is 5. The van der Waals surface area contributed by atoms with Crippen molar-refractivity contribution in [3.8, 4) is 0 Å². The number of benzene rings is 1. The minimum absolute atomic E-state index is 0.0190. The molecule has 10 atom stereocenters. The molecule has 0 spiro atoms. The minimum Gasteiger partial charge on any atom is -0.388 e. The van der Waals surface area contributed by atoms with Crippen LogP contribution >= 0.6 is 0 Å². The minimum atomic E-state index is -0.695.